The van der Waals surface area contributed by atoms with Gasteiger partial charge in [-0.2, -0.15) is 0 Å². The highest BCUT2D eigenvalue weighted by atomic mass is 32.2. The van der Waals surface area contributed by atoms with Crippen molar-refractivity contribution in [2.24, 2.45) is 5.92 Å². The van der Waals surface area contributed by atoms with E-state index in [1.807, 2.05) is 7.05 Å². The molecule has 1 atom stereocenters. The van der Waals surface area contributed by atoms with Crippen molar-refractivity contribution < 1.29 is 8.42 Å². The molecule has 21 heavy (non-hydrogen) atoms. The Morgan fingerprint density at radius 3 is 2.86 bits per heavy atom. The van der Waals surface area contributed by atoms with Crippen LogP contribution in [-0.4, -0.2) is 52.0 Å². The number of hydrogen-bond donors (Lipinski definition) is 2. The Labute approximate surface area is 127 Å². The van der Waals surface area contributed by atoms with Gasteiger partial charge in [-0.05, 0) is 51.0 Å². The van der Waals surface area contributed by atoms with Gasteiger partial charge in [-0.25, -0.2) is 18.1 Å². The summed E-state index contributed by atoms with van der Waals surface area (Å²) >= 11 is 0. The average molecular weight is 312 g/mol. The van der Waals surface area contributed by atoms with Gasteiger partial charge >= 0.3 is 0 Å². The van der Waals surface area contributed by atoms with E-state index in [1.165, 1.54) is 0 Å². The third-order valence-corrected chi connectivity index (χ3v) is 5.08. The van der Waals surface area contributed by atoms with Crippen LogP contribution in [0.2, 0.25) is 0 Å². The summed E-state index contributed by atoms with van der Waals surface area (Å²) in [6, 6.07) is 3.34. The molecule has 1 aromatic rings. The smallest absolute Gasteiger partial charge is 0.258 e. The quantitative estimate of drug-likeness (QED) is 0.796. The van der Waals surface area contributed by atoms with Gasteiger partial charge in [0.25, 0.3) is 10.0 Å². The summed E-state index contributed by atoms with van der Waals surface area (Å²) in [7, 11) is 0.404. The molecule has 7 heteroatoms. The predicted octanol–water partition coefficient (Wildman–Crippen LogP) is 0.421. The maximum Gasteiger partial charge on any atom is 0.258 e. The molecule has 0 spiro atoms. The molecular formula is C14H24N4O2S. The number of hydrogen-bond acceptors (Lipinski definition) is 5. The van der Waals surface area contributed by atoms with E-state index in [4.69, 9.17) is 0 Å². The third kappa shape index (κ3) is 4.74. The molecule has 1 unspecified atom stereocenters. The van der Waals surface area contributed by atoms with Gasteiger partial charge < -0.3 is 10.2 Å². The maximum atomic E-state index is 12.2. The second kappa shape index (κ2) is 7.31. The van der Waals surface area contributed by atoms with Gasteiger partial charge in [0.05, 0.1) is 0 Å². The minimum atomic E-state index is -3.51. The first-order valence-corrected chi connectivity index (χ1v) is 8.77. The van der Waals surface area contributed by atoms with E-state index in [-0.39, 0.29) is 5.03 Å². The molecule has 118 valence electrons. The summed E-state index contributed by atoms with van der Waals surface area (Å²) < 4.78 is 27.1. The zero-order valence-corrected chi connectivity index (χ0v) is 13.5. The highest BCUT2D eigenvalue weighted by molar-refractivity contribution is 7.89. The first-order valence-electron chi connectivity index (χ1n) is 7.29. The topological polar surface area (TPSA) is 74.3 Å². The Kier molecular flexibility index (Phi) is 5.69. The Hall–Kier alpha value is -1.02. The highest BCUT2D eigenvalue weighted by Crippen LogP contribution is 2.15. The summed E-state index contributed by atoms with van der Waals surface area (Å²) in [4.78, 5) is 6.29. The molecule has 1 saturated heterocycles. The number of nitrogens with one attached hydrogen (secondary N) is 2. The zero-order valence-electron chi connectivity index (χ0n) is 12.7. The molecule has 6 nitrogen and oxygen atoms in total. The molecule has 0 aliphatic carbocycles. The van der Waals surface area contributed by atoms with Crippen LogP contribution < -0.4 is 10.0 Å². The molecule has 1 aliphatic heterocycles. The van der Waals surface area contributed by atoms with Crippen molar-refractivity contribution in [2.75, 3.05) is 33.7 Å². The Morgan fingerprint density at radius 1 is 1.43 bits per heavy atom. The van der Waals surface area contributed by atoms with E-state index in [2.05, 4.69) is 27.0 Å². The van der Waals surface area contributed by atoms with Crippen LogP contribution in [0.1, 0.15) is 18.4 Å². The second-order valence-corrected chi connectivity index (χ2v) is 7.37. The molecule has 0 saturated carbocycles. The van der Waals surface area contributed by atoms with Crippen molar-refractivity contribution in [3.63, 3.8) is 0 Å². The van der Waals surface area contributed by atoms with E-state index in [0.29, 0.717) is 19.0 Å². The molecule has 1 aliphatic rings. The molecule has 0 radical (unpaired) electrons. The molecule has 0 bridgehead atoms. The molecule has 1 aromatic heterocycles. The summed E-state index contributed by atoms with van der Waals surface area (Å²) in [5.74, 6) is 0.377. The van der Waals surface area contributed by atoms with E-state index in [9.17, 15) is 8.42 Å². The largest absolute Gasteiger partial charge is 0.316 e. The summed E-state index contributed by atoms with van der Waals surface area (Å²) in [6.45, 7) is 3.19. The van der Waals surface area contributed by atoms with Crippen molar-refractivity contribution in [2.45, 2.75) is 24.4 Å². The van der Waals surface area contributed by atoms with E-state index in [0.717, 1.165) is 31.5 Å². The third-order valence-electron chi connectivity index (χ3n) is 3.74. The summed E-state index contributed by atoms with van der Waals surface area (Å²) in [6.07, 6.45) is 3.79. The number of piperidine rings is 1. The fourth-order valence-electron chi connectivity index (χ4n) is 2.62. The molecule has 2 rings (SSSR count). The first-order chi connectivity index (χ1) is 10.0. The number of nitrogens with zero attached hydrogens (tertiary/aromatic N) is 2. The van der Waals surface area contributed by atoms with E-state index < -0.39 is 10.0 Å². The normalized spacial score (nSPS) is 20.6. The minimum Gasteiger partial charge on any atom is -0.316 e. The number of aromatic nitrogens is 1. The van der Waals surface area contributed by atoms with Gasteiger partial charge in [-0.3, -0.25) is 0 Å². The second-order valence-electron chi connectivity index (χ2n) is 5.66. The summed E-state index contributed by atoms with van der Waals surface area (Å²) in [5, 5.41) is 3.09. The maximum absolute atomic E-state index is 12.2. The van der Waals surface area contributed by atoms with Crippen LogP contribution >= 0.6 is 0 Å². The van der Waals surface area contributed by atoms with Crippen LogP contribution in [0.5, 0.6) is 0 Å². The van der Waals surface area contributed by atoms with Crippen LogP contribution in [0.3, 0.4) is 0 Å². The summed E-state index contributed by atoms with van der Waals surface area (Å²) in [5.41, 5.74) is 0.963. The first kappa shape index (κ1) is 16.4. The molecular weight excluding hydrogens is 288 g/mol. The van der Waals surface area contributed by atoms with Crippen molar-refractivity contribution >= 4 is 10.0 Å². The Bertz CT molecular complexity index is 545. The van der Waals surface area contributed by atoms with Crippen LogP contribution in [0.25, 0.3) is 0 Å². The number of likely N-dealkylation sites (tertiary alicyclic amines) is 1. The van der Waals surface area contributed by atoms with Gasteiger partial charge in [-0.1, -0.05) is 6.07 Å². The van der Waals surface area contributed by atoms with Gasteiger partial charge in [0, 0.05) is 25.8 Å². The van der Waals surface area contributed by atoms with Gasteiger partial charge in [0.2, 0.25) is 0 Å². The zero-order chi connectivity index (χ0) is 15.3. The lowest BCUT2D eigenvalue weighted by atomic mass is 9.99. The van der Waals surface area contributed by atoms with Crippen molar-refractivity contribution in [3.8, 4) is 0 Å². The highest BCUT2D eigenvalue weighted by Gasteiger charge is 2.21. The standard InChI is InChI=1S/C14H24N4O2S/c1-15-8-12-5-6-14(16-9-12)21(19,20)17-10-13-4-3-7-18(2)11-13/h5-6,9,13,15,17H,3-4,7-8,10-11H2,1-2H3. The van der Waals surface area contributed by atoms with E-state index in [1.54, 1.807) is 18.3 Å². The van der Waals surface area contributed by atoms with Crippen LogP contribution in [0, 0.1) is 5.92 Å². The Morgan fingerprint density at radius 2 is 2.24 bits per heavy atom. The monoisotopic (exact) mass is 312 g/mol. The molecule has 0 aromatic carbocycles. The van der Waals surface area contributed by atoms with Crippen molar-refractivity contribution in [3.05, 3.63) is 23.9 Å². The van der Waals surface area contributed by atoms with Gasteiger partial charge in [0.1, 0.15) is 0 Å². The lowest BCUT2D eigenvalue weighted by molar-refractivity contribution is 0.211. The van der Waals surface area contributed by atoms with Crippen LogP contribution in [0.4, 0.5) is 0 Å². The predicted molar refractivity (Wildman–Crippen MR) is 82.4 cm³/mol. The average Bonchev–Trinajstić information content (AvgIpc) is 2.46. The lowest BCUT2D eigenvalue weighted by Crippen LogP contribution is -2.39. The number of pyridine rings is 1. The van der Waals surface area contributed by atoms with Crippen molar-refractivity contribution in [1.29, 1.82) is 0 Å². The van der Waals surface area contributed by atoms with Crippen molar-refractivity contribution in [1.82, 2.24) is 19.9 Å². The van der Waals surface area contributed by atoms with Crippen LogP contribution in [-0.2, 0) is 16.6 Å². The SMILES string of the molecule is CNCc1ccc(S(=O)(=O)NCC2CCCN(C)C2)nc1. The van der Waals surface area contributed by atoms with Gasteiger partial charge in [-0.15, -0.1) is 0 Å². The van der Waals surface area contributed by atoms with E-state index >= 15 is 0 Å². The van der Waals surface area contributed by atoms with Crippen LogP contribution in [0.15, 0.2) is 23.4 Å². The van der Waals surface area contributed by atoms with Gasteiger partial charge in [0.15, 0.2) is 5.03 Å². The fourth-order valence-corrected chi connectivity index (χ4v) is 3.66. The lowest BCUT2D eigenvalue weighted by Gasteiger charge is -2.29. The molecule has 0 amide bonds. The minimum absolute atomic E-state index is 0.0894. The molecule has 1 fully saturated rings. The molecule has 2 N–H and O–H groups in total. The molecule has 2 heterocycles. The number of sulfonamides is 1. The Balaban J connectivity index is 1.94. The number of rotatable bonds is 6. The fraction of sp³-hybridized carbons (Fsp3) is 0.643.